The Morgan fingerprint density at radius 3 is 2.94 bits per heavy atom. The Kier molecular flexibility index (Phi) is 7.28. The van der Waals surface area contributed by atoms with Gasteiger partial charge in [0, 0.05) is 57.2 Å². The van der Waals surface area contributed by atoms with Gasteiger partial charge in [0.1, 0.15) is 5.76 Å². The third-order valence-corrected chi connectivity index (χ3v) is 6.25. The van der Waals surface area contributed by atoms with Crippen LogP contribution in [0.3, 0.4) is 0 Å². The first-order valence-electron chi connectivity index (χ1n) is 11.7. The molecule has 0 radical (unpaired) electrons. The molecular weight excluding hydrogens is 388 g/mol. The fraction of sp³-hybridized carbons (Fsp3) is 0.520. The number of nitrogens with one attached hydrogen (secondary N) is 1. The molecule has 6 heteroatoms. The van der Waals surface area contributed by atoms with Crippen molar-refractivity contribution >= 4 is 17.6 Å². The molecule has 0 spiro atoms. The highest BCUT2D eigenvalue weighted by Crippen LogP contribution is 2.38. The van der Waals surface area contributed by atoms with E-state index in [0.717, 1.165) is 76.5 Å². The van der Waals surface area contributed by atoms with E-state index in [9.17, 15) is 4.79 Å². The summed E-state index contributed by atoms with van der Waals surface area (Å²) < 4.78 is 5.48. The molecule has 1 unspecified atom stereocenters. The number of amides is 1. The number of fused-ring (bicyclic) bond motifs is 1. The number of hydrogen-bond acceptors (Lipinski definition) is 3. The third-order valence-electron chi connectivity index (χ3n) is 6.25. The van der Waals surface area contributed by atoms with Crippen LogP contribution >= 0.6 is 0 Å². The molecule has 2 aromatic rings. The van der Waals surface area contributed by atoms with Crippen LogP contribution in [0.2, 0.25) is 0 Å². The van der Waals surface area contributed by atoms with Crippen molar-refractivity contribution in [1.82, 2.24) is 10.2 Å². The van der Waals surface area contributed by atoms with E-state index in [-0.39, 0.29) is 0 Å². The molecule has 3 heterocycles. The maximum atomic E-state index is 12.0. The van der Waals surface area contributed by atoms with Gasteiger partial charge in [-0.2, -0.15) is 0 Å². The zero-order chi connectivity index (χ0) is 21.5. The molecule has 1 amide bonds. The molecule has 0 saturated carbocycles. The molecule has 1 aromatic heterocycles. The summed E-state index contributed by atoms with van der Waals surface area (Å²) in [5.74, 6) is 2.65. The zero-order valence-electron chi connectivity index (χ0n) is 18.6. The van der Waals surface area contributed by atoms with Gasteiger partial charge in [-0.1, -0.05) is 31.5 Å². The number of anilines is 1. The standard InChI is InChI=1S/C25H34N4O2/c1-2-3-14-26-25(27-15-12-21-8-7-18-31-21)29-19-20(22-9-4-5-10-23(22)29)13-17-28-16-6-11-24(28)30/h4-5,7-10,18,20H,2-3,6,11-17,19H2,1H3,(H,26,27). The number of hydrogen-bond donors (Lipinski definition) is 1. The lowest BCUT2D eigenvalue weighted by Gasteiger charge is -2.24. The Morgan fingerprint density at radius 2 is 2.16 bits per heavy atom. The van der Waals surface area contributed by atoms with Crippen molar-refractivity contribution in [1.29, 1.82) is 0 Å². The second-order valence-corrected chi connectivity index (χ2v) is 8.45. The quantitative estimate of drug-likeness (QED) is 0.374. The Hall–Kier alpha value is -2.76. The number of benzene rings is 1. The normalized spacial score (nSPS) is 18.7. The fourth-order valence-corrected chi connectivity index (χ4v) is 4.53. The van der Waals surface area contributed by atoms with E-state index in [2.05, 4.69) is 41.4 Å². The Bertz CT molecular complexity index is 877. The molecule has 166 valence electrons. The maximum absolute atomic E-state index is 12.0. The van der Waals surface area contributed by atoms with E-state index in [1.54, 1.807) is 6.26 Å². The highest BCUT2D eigenvalue weighted by Gasteiger charge is 2.32. The summed E-state index contributed by atoms with van der Waals surface area (Å²) in [6.45, 7) is 6.46. The summed E-state index contributed by atoms with van der Waals surface area (Å²) in [5, 5.41) is 3.58. The molecule has 4 rings (SSSR count). The summed E-state index contributed by atoms with van der Waals surface area (Å²) in [6.07, 6.45) is 7.47. The van der Waals surface area contributed by atoms with Crippen LogP contribution in [0, 0.1) is 0 Å². The van der Waals surface area contributed by atoms with E-state index >= 15 is 0 Å². The van der Waals surface area contributed by atoms with Crippen molar-refractivity contribution in [3.05, 3.63) is 54.0 Å². The lowest BCUT2D eigenvalue weighted by atomic mass is 9.98. The molecule has 2 aliphatic rings. The van der Waals surface area contributed by atoms with Gasteiger partial charge >= 0.3 is 0 Å². The van der Waals surface area contributed by atoms with E-state index < -0.39 is 0 Å². The minimum atomic E-state index is 0.310. The predicted octanol–water partition coefficient (Wildman–Crippen LogP) is 4.18. The lowest BCUT2D eigenvalue weighted by Crippen LogP contribution is -2.42. The first-order valence-corrected chi connectivity index (χ1v) is 11.7. The van der Waals surface area contributed by atoms with Gasteiger partial charge in [-0.05, 0) is 43.0 Å². The predicted molar refractivity (Wildman–Crippen MR) is 125 cm³/mol. The number of aliphatic imine (C=N–C) groups is 1. The highest BCUT2D eigenvalue weighted by atomic mass is 16.3. The van der Waals surface area contributed by atoms with Gasteiger partial charge < -0.3 is 19.5 Å². The van der Waals surface area contributed by atoms with Gasteiger partial charge in [0.25, 0.3) is 0 Å². The molecule has 1 fully saturated rings. The summed E-state index contributed by atoms with van der Waals surface area (Å²) in [7, 11) is 0. The van der Waals surface area contributed by atoms with E-state index in [0.29, 0.717) is 18.2 Å². The first-order chi connectivity index (χ1) is 15.3. The van der Waals surface area contributed by atoms with Gasteiger partial charge in [-0.15, -0.1) is 0 Å². The highest BCUT2D eigenvalue weighted by molar-refractivity contribution is 5.98. The van der Waals surface area contributed by atoms with Gasteiger partial charge in [0.15, 0.2) is 5.96 Å². The van der Waals surface area contributed by atoms with Gasteiger partial charge in [0.05, 0.1) is 6.26 Å². The molecule has 0 aliphatic carbocycles. The van der Waals surface area contributed by atoms with Crippen molar-refractivity contribution in [2.75, 3.05) is 37.6 Å². The van der Waals surface area contributed by atoms with Crippen molar-refractivity contribution in [3.8, 4) is 0 Å². The van der Waals surface area contributed by atoms with Crippen LogP contribution < -0.4 is 10.2 Å². The molecule has 0 bridgehead atoms. The van der Waals surface area contributed by atoms with Crippen LogP contribution in [0.5, 0.6) is 0 Å². The van der Waals surface area contributed by atoms with Crippen LogP contribution in [-0.2, 0) is 11.2 Å². The third kappa shape index (κ3) is 5.30. The van der Waals surface area contributed by atoms with Gasteiger partial charge in [-0.25, -0.2) is 0 Å². The van der Waals surface area contributed by atoms with Crippen LogP contribution in [0.15, 0.2) is 52.1 Å². The van der Waals surface area contributed by atoms with Crippen LogP contribution in [0.1, 0.15) is 56.3 Å². The second-order valence-electron chi connectivity index (χ2n) is 8.45. The van der Waals surface area contributed by atoms with Crippen LogP contribution in [0.4, 0.5) is 5.69 Å². The van der Waals surface area contributed by atoms with E-state index in [1.807, 2.05) is 17.0 Å². The number of rotatable bonds is 9. The molecule has 2 aliphatic heterocycles. The SMILES string of the molecule is CCCCN=C(NCCc1ccco1)N1CC(CCN2CCCC2=O)c2ccccc21. The minimum absolute atomic E-state index is 0.310. The summed E-state index contributed by atoms with van der Waals surface area (Å²) in [4.78, 5) is 21.3. The first kappa shape index (κ1) is 21.5. The summed E-state index contributed by atoms with van der Waals surface area (Å²) in [6, 6.07) is 12.6. The topological polar surface area (TPSA) is 61.1 Å². The maximum Gasteiger partial charge on any atom is 0.222 e. The monoisotopic (exact) mass is 422 g/mol. The number of carbonyl (C=O) groups excluding carboxylic acids is 1. The Labute approximate surface area is 185 Å². The summed E-state index contributed by atoms with van der Waals surface area (Å²) in [5.41, 5.74) is 2.60. The van der Waals surface area contributed by atoms with Gasteiger partial charge in [-0.3, -0.25) is 9.79 Å². The number of para-hydroxylation sites is 1. The number of carbonyl (C=O) groups is 1. The Morgan fingerprint density at radius 1 is 1.26 bits per heavy atom. The number of nitrogens with zero attached hydrogens (tertiary/aromatic N) is 3. The van der Waals surface area contributed by atoms with Crippen LogP contribution in [0.25, 0.3) is 0 Å². The lowest BCUT2D eigenvalue weighted by molar-refractivity contribution is -0.127. The number of unbranched alkanes of at least 4 members (excludes halogenated alkanes) is 1. The minimum Gasteiger partial charge on any atom is -0.469 e. The fourth-order valence-electron chi connectivity index (χ4n) is 4.53. The van der Waals surface area contributed by atoms with E-state index in [4.69, 9.17) is 9.41 Å². The molecule has 1 saturated heterocycles. The molecule has 1 N–H and O–H groups in total. The van der Waals surface area contributed by atoms with Crippen molar-refractivity contribution in [3.63, 3.8) is 0 Å². The zero-order valence-corrected chi connectivity index (χ0v) is 18.6. The van der Waals surface area contributed by atoms with Crippen molar-refractivity contribution in [2.45, 2.75) is 51.4 Å². The smallest absolute Gasteiger partial charge is 0.222 e. The second kappa shape index (κ2) is 10.5. The van der Waals surface area contributed by atoms with Gasteiger partial charge in [0.2, 0.25) is 5.91 Å². The summed E-state index contributed by atoms with van der Waals surface area (Å²) >= 11 is 0. The molecule has 31 heavy (non-hydrogen) atoms. The Balaban J connectivity index is 1.45. The number of guanidine groups is 1. The average Bonchev–Trinajstić information content (AvgIpc) is 3.52. The average molecular weight is 423 g/mol. The van der Waals surface area contributed by atoms with E-state index in [1.165, 1.54) is 11.3 Å². The van der Waals surface area contributed by atoms with Crippen LogP contribution in [-0.4, -0.2) is 49.5 Å². The molecular formula is C25H34N4O2. The number of likely N-dealkylation sites (tertiary alicyclic amines) is 1. The molecule has 1 aromatic carbocycles. The largest absolute Gasteiger partial charge is 0.469 e. The van der Waals surface area contributed by atoms with Crippen molar-refractivity contribution in [2.24, 2.45) is 4.99 Å². The molecule has 6 nitrogen and oxygen atoms in total. The molecule has 1 atom stereocenters. The van der Waals surface area contributed by atoms with Crippen molar-refractivity contribution < 1.29 is 9.21 Å². The number of furan rings is 1.